The summed E-state index contributed by atoms with van der Waals surface area (Å²) >= 11 is 0. The van der Waals surface area contributed by atoms with Gasteiger partial charge in [-0.2, -0.15) is 0 Å². The highest BCUT2D eigenvalue weighted by Gasteiger charge is 2.22. The van der Waals surface area contributed by atoms with Crippen molar-refractivity contribution in [2.45, 2.75) is 12.8 Å². The molecule has 5 rings (SSSR count). The first-order chi connectivity index (χ1) is 14.7. The number of carbonyl (C=O) groups excluding carboxylic acids is 2. The fraction of sp³-hybridized carbons (Fsp3) is 0.0909. The average molecular weight is 430 g/mol. The molecular weight excluding hydrogens is 414 g/mol. The predicted octanol–water partition coefficient (Wildman–Crippen LogP) is 2.44. The van der Waals surface area contributed by atoms with Crippen LogP contribution in [0.3, 0.4) is 0 Å². The molecule has 2 atom stereocenters. The zero-order valence-electron chi connectivity index (χ0n) is 15.7. The summed E-state index contributed by atoms with van der Waals surface area (Å²) < 4.78 is 0. The van der Waals surface area contributed by atoms with Crippen LogP contribution < -0.4 is 11.1 Å². The van der Waals surface area contributed by atoms with Gasteiger partial charge in [-0.25, -0.2) is 9.97 Å². The molecule has 0 spiro atoms. The van der Waals surface area contributed by atoms with Gasteiger partial charge in [0.15, 0.2) is 0 Å². The first-order valence-electron chi connectivity index (χ1n) is 9.37. The second kappa shape index (κ2) is 7.95. The molecule has 2 aromatic carbocycles. The maximum Gasteiger partial charge on any atom is 0.146 e. The summed E-state index contributed by atoms with van der Waals surface area (Å²) in [6, 6.07) is 12.2. The normalized spacial score (nSPS) is 12.8. The van der Waals surface area contributed by atoms with Gasteiger partial charge in [0.05, 0.1) is 11.9 Å². The van der Waals surface area contributed by atoms with Gasteiger partial charge in [-0.15, -0.1) is 0 Å². The maximum atomic E-state index is 10.8. The minimum atomic E-state index is 0.0177. The van der Waals surface area contributed by atoms with E-state index in [0.29, 0.717) is 11.3 Å². The molecule has 6 nitrogen and oxygen atoms in total. The summed E-state index contributed by atoms with van der Waals surface area (Å²) in [5.41, 5.74) is 7.53. The largest absolute Gasteiger partial charge is 0.341 e. The molecular formula is C22H16N4O2P2. The van der Waals surface area contributed by atoms with Gasteiger partial charge in [-0.1, -0.05) is 24.1 Å². The number of hydrogen-bond donors (Lipinski definition) is 2. The van der Waals surface area contributed by atoms with E-state index in [9.17, 15) is 9.59 Å². The Morgan fingerprint density at radius 1 is 0.967 bits per heavy atom. The SMILES string of the molecule is O=CPc1ncc(C#Cc2ccc3c4c(ccc3c2)-c2nc(PC=O)[nH]c2CC4)[nH]1. The molecule has 1 aliphatic rings. The molecule has 1 aliphatic carbocycles. The zero-order valence-corrected chi connectivity index (χ0v) is 17.7. The summed E-state index contributed by atoms with van der Waals surface area (Å²) in [7, 11) is 0.0753. The van der Waals surface area contributed by atoms with Crippen LogP contribution in [0, 0.1) is 11.8 Å². The van der Waals surface area contributed by atoms with Gasteiger partial charge in [0.1, 0.15) is 28.9 Å². The van der Waals surface area contributed by atoms with Crippen molar-refractivity contribution in [1.82, 2.24) is 19.9 Å². The van der Waals surface area contributed by atoms with Crippen molar-refractivity contribution in [2.24, 2.45) is 0 Å². The summed E-state index contributed by atoms with van der Waals surface area (Å²) in [4.78, 5) is 36.6. The van der Waals surface area contributed by atoms with Crippen molar-refractivity contribution in [2.75, 3.05) is 0 Å². The number of fused-ring (bicyclic) bond motifs is 5. The molecule has 0 fully saturated rings. The van der Waals surface area contributed by atoms with Crippen LogP contribution in [0.25, 0.3) is 22.0 Å². The number of benzene rings is 2. The quantitative estimate of drug-likeness (QED) is 0.296. The number of aromatic amines is 2. The number of carbonyl (C=O) groups is 2. The standard InChI is InChI=1S/C22H16N4O2P2/c27-11-29-21-23-10-15(24-21)4-1-13-2-5-16-14(9-13)3-6-18-17(16)7-8-19-20(18)26-22(25-19)30-12-28/h2-3,5-6,9-12,29-30H,7-8H2,(H,23,24)(H,25,26). The second-order valence-electron chi connectivity index (χ2n) is 6.86. The smallest absolute Gasteiger partial charge is 0.146 e. The van der Waals surface area contributed by atoms with Crippen LogP contribution in [0.1, 0.15) is 22.5 Å². The first kappa shape index (κ1) is 18.9. The van der Waals surface area contributed by atoms with Crippen LogP contribution in [-0.4, -0.2) is 32.0 Å². The topological polar surface area (TPSA) is 91.5 Å². The first-order valence-corrected chi connectivity index (χ1v) is 11.5. The van der Waals surface area contributed by atoms with Crippen LogP contribution in [0.15, 0.2) is 36.5 Å². The van der Waals surface area contributed by atoms with Gasteiger partial charge in [-0.3, -0.25) is 9.59 Å². The van der Waals surface area contributed by atoms with E-state index < -0.39 is 0 Å². The summed E-state index contributed by atoms with van der Waals surface area (Å²) in [6.07, 6.45) is 3.48. The van der Waals surface area contributed by atoms with Crippen LogP contribution >= 0.6 is 17.2 Å². The van der Waals surface area contributed by atoms with Crippen molar-refractivity contribution < 1.29 is 9.59 Å². The van der Waals surface area contributed by atoms with Crippen LogP contribution in [0.4, 0.5) is 0 Å². The highest BCUT2D eigenvalue weighted by molar-refractivity contribution is 7.62. The zero-order chi connectivity index (χ0) is 20.5. The van der Waals surface area contributed by atoms with E-state index >= 15 is 0 Å². The Hall–Kier alpha value is -3.12. The van der Waals surface area contributed by atoms with Crippen LogP contribution in [0.2, 0.25) is 0 Å². The number of aromatic nitrogens is 4. The van der Waals surface area contributed by atoms with Gasteiger partial charge in [0.2, 0.25) is 0 Å². The van der Waals surface area contributed by atoms with E-state index in [1.165, 1.54) is 10.9 Å². The van der Waals surface area contributed by atoms with Crippen LogP contribution in [0.5, 0.6) is 0 Å². The van der Waals surface area contributed by atoms with E-state index in [1.807, 2.05) is 6.07 Å². The number of nitrogens with zero attached hydrogens (tertiary/aromatic N) is 2. The van der Waals surface area contributed by atoms with E-state index in [1.54, 1.807) is 6.20 Å². The Kier molecular flexibility index (Phi) is 5.01. The van der Waals surface area contributed by atoms with Gasteiger partial charge in [-0.05, 0) is 47.2 Å². The lowest BCUT2D eigenvalue weighted by atomic mass is 9.88. The predicted molar refractivity (Wildman–Crippen MR) is 123 cm³/mol. The van der Waals surface area contributed by atoms with Gasteiger partial charge in [0.25, 0.3) is 0 Å². The van der Waals surface area contributed by atoms with E-state index in [-0.39, 0.29) is 17.2 Å². The molecule has 0 aliphatic heterocycles. The van der Waals surface area contributed by atoms with Crippen molar-refractivity contribution in [1.29, 1.82) is 0 Å². The lowest BCUT2D eigenvalue weighted by Crippen LogP contribution is -2.04. The molecule has 0 saturated carbocycles. The molecule has 2 aromatic heterocycles. The Labute approximate surface area is 175 Å². The number of rotatable bonds is 4. The second-order valence-corrected chi connectivity index (χ2v) is 8.86. The molecule has 8 heteroatoms. The van der Waals surface area contributed by atoms with Crippen LogP contribution in [-0.2, 0) is 22.4 Å². The lowest BCUT2D eigenvalue weighted by molar-refractivity contribution is 0.569. The third-order valence-corrected chi connectivity index (χ3v) is 6.37. The van der Waals surface area contributed by atoms with Crippen molar-refractivity contribution in [3.05, 3.63) is 59.0 Å². The number of H-pyrrole nitrogens is 2. The Balaban J connectivity index is 1.49. The van der Waals surface area contributed by atoms with Crippen molar-refractivity contribution in [3.63, 3.8) is 0 Å². The van der Waals surface area contributed by atoms with Gasteiger partial charge < -0.3 is 9.97 Å². The molecule has 0 saturated heterocycles. The maximum absolute atomic E-state index is 10.8. The fourth-order valence-electron chi connectivity index (χ4n) is 3.80. The van der Waals surface area contributed by atoms with E-state index in [4.69, 9.17) is 0 Å². The molecule has 146 valence electrons. The lowest BCUT2D eigenvalue weighted by Gasteiger charge is -2.17. The number of nitrogens with one attached hydrogen (secondary N) is 2. The Morgan fingerprint density at radius 2 is 1.83 bits per heavy atom. The third kappa shape index (κ3) is 3.48. The Morgan fingerprint density at radius 3 is 2.70 bits per heavy atom. The van der Waals surface area contributed by atoms with E-state index in [0.717, 1.165) is 58.4 Å². The molecule has 30 heavy (non-hydrogen) atoms. The number of imidazole rings is 2. The molecule has 0 bridgehead atoms. The summed E-state index contributed by atoms with van der Waals surface area (Å²) in [5, 5.41) is 2.35. The summed E-state index contributed by atoms with van der Waals surface area (Å²) in [6.45, 7) is 0. The molecule has 2 heterocycles. The van der Waals surface area contributed by atoms with Gasteiger partial charge in [0, 0.05) is 34.0 Å². The molecule has 0 amide bonds. The number of hydrogen-bond acceptors (Lipinski definition) is 4. The minimum Gasteiger partial charge on any atom is -0.341 e. The Bertz CT molecular complexity index is 1360. The molecule has 2 N–H and O–H groups in total. The van der Waals surface area contributed by atoms with Gasteiger partial charge >= 0.3 is 0 Å². The van der Waals surface area contributed by atoms with E-state index in [2.05, 4.69) is 56.0 Å². The van der Waals surface area contributed by atoms with Crippen molar-refractivity contribution >= 4 is 51.1 Å². The minimum absolute atomic E-state index is 0.0177. The highest BCUT2D eigenvalue weighted by Crippen LogP contribution is 2.36. The summed E-state index contributed by atoms with van der Waals surface area (Å²) in [5.74, 6) is 6.24. The number of aryl methyl sites for hydroxylation is 2. The fourth-order valence-corrected chi connectivity index (χ4v) is 4.77. The molecule has 0 radical (unpaired) electrons. The third-order valence-electron chi connectivity index (χ3n) is 5.10. The molecule has 4 aromatic rings. The molecule has 2 unspecified atom stereocenters. The highest BCUT2D eigenvalue weighted by atomic mass is 31.1. The average Bonchev–Trinajstić information content (AvgIpc) is 3.38. The monoisotopic (exact) mass is 430 g/mol. The van der Waals surface area contributed by atoms with Crippen molar-refractivity contribution in [3.8, 4) is 23.1 Å².